The van der Waals surface area contributed by atoms with E-state index < -0.39 is 0 Å². The number of para-hydroxylation sites is 1. The van der Waals surface area contributed by atoms with E-state index in [0.29, 0.717) is 17.5 Å². The number of carbonyl (C=O) groups excluding carboxylic acids is 1. The first-order valence-electron chi connectivity index (χ1n) is 11.9. The lowest BCUT2D eigenvalue weighted by molar-refractivity contribution is -0.116. The quantitative estimate of drug-likeness (QED) is 0.309. The van der Waals surface area contributed by atoms with Gasteiger partial charge in [-0.2, -0.15) is 5.26 Å². The van der Waals surface area contributed by atoms with Crippen molar-refractivity contribution in [2.24, 2.45) is 0 Å². The van der Waals surface area contributed by atoms with Crippen LogP contribution >= 0.6 is 0 Å². The van der Waals surface area contributed by atoms with Crippen LogP contribution in [0.25, 0.3) is 11.0 Å². The third-order valence-electron chi connectivity index (χ3n) is 5.65. The van der Waals surface area contributed by atoms with Gasteiger partial charge >= 0.3 is 0 Å². The molecule has 0 atom stereocenters. The van der Waals surface area contributed by atoms with Crippen molar-refractivity contribution in [2.45, 2.75) is 96.8 Å². The average molecular weight is 425 g/mol. The number of anilines is 1. The standard InChI is InChI=1S/C26H36N2O3/c1-2-3-4-5-6-7-8-9-10-11-12-13-14-18-25(30)28-23-17-15-16-22-24(29)19-21(20-27)31-26(22)23/h15-17,19H,2-14,18H2,1H3,(H,28,30). The number of hydrogen-bond acceptors (Lipinski definition) is 4. The largest absolute Gasteiger partial charge is 0.443 e. The van der Waals surface area contributed by atoms with Crippen molar-refractivity contribution in [1.82, 2.24) is 0 Å². The molecule has 168 valence electrons. The van der Waals surface area contributed by atoms with Crippen LogP contribution in [0, 0.1) is 11.3 Å². The van der Waals surface area contributed by atoms with Crippen LogP contribution in [0.3, 0.4) is 0 Å². The molecule has 1 heterocycles. The molecule has 0 fully saturated rings. The number of benzene rings is 1. The first kappa shape index (κ1) is 24.7. The molecule has 0 saturated heterocycles. The Morgan fingerprint density at radius 1 is 0.935 bits per heavy atom. The maximum absolute atomic E-state index is 12.3. The van der Waals surface area contributed by atoms with Crippen molar-refractivity contribution in [1.29, 1.82) is 5.26 Å². The zero-order valence-electron chi connectivity index (χ0n) is 18.9. The van der Waals surface area contributed by atoms with Gasteiger partial charge in [-0.1, -0.05) is 90.0 Å². The van der Waals surface area contributed by atoms with E-state index in [1.54, 1.807) is 18.2 Å². The summed E-state index contributed by atoms with van der Waals surface area (Å²) >= 11 is 0. The maximum atomic E-state index is 12.3. The highest BCUT2D eigenvalue weighted by Gasteiger charge is 2.11. The SMILES string of the molecule is CCCCCCCCCCCCCCCC(=O)Nc1cccc2c(=O)cc(C#N)oc12. The van der Waals surface area contributed by atoms with Gasteiger partial charge in [-0.15, -0.1) is 0 Å². The molecular weight excluding hydrogens is 388 g/mol. The fraction of sp³-hybridized carbons (Fsp3) is 0.577. The number of amides is 1. The van der Waals surface area contributed by atoms with Crippen LogP contribution in [-0.2, 0) is 4.79 Å². The fourth-order valence-corrected chi connectivity index (χ4v) is 3.85. The number of nitrogens with zero attached hydrogens (tertiary/aromatic N) is 1. The number of carbonyl (C=O) groups is 1. The third-order valence-corrected chi connectivity index (χ3v) is 5.65. The van der Waals surface area contributed by atoms with E-state index in [1.165, 1.54) is 76.7 Å². The van der Waals surface area contributed by atoms with E-state index in [9.17, 15) is 9.59 Å². The topological polar surface area (TPSA) is 83.1 Å². The van der Waals surface area contributed by atoms with Crippen molar-refractivity contribution in [2.75, 3.05) is 5.32 Å². The second kappa shape index (κ2) is 14.4. The summed E-state index contributed by atoms with van der Waals surface area (Å²) in [6.45, 7) is 2.25. The maximum Gasteiger partial charge on any atom is 0.224 e. The summed E-state index contributed by atoms with van der Waals surface area (Å²) in [7, 11) is 0. The molecule has 0 aliphatic carbocycles. The molecule has 5 heteroatoms. The molecule has 2 aromatic rings. The molecule has 1 aromatic carbocycles. The molecule has 0 spiro atoms. The summed E-state index contributed by atoms with van der Waals surface area (Å²) < 4.78 is 5.47. The number of nitrogens with one attached hydrogen (secondary N) is 1. The van der Waals surface area contributed by atoms with Crippen LogP contribution in [0.4, 0.5) is 5.69 Å². The summed E-state index contributed by atoms with van der Waals surface area (Å²) in [6, 6.07) is 8.03. The third kappa shape index (κ3) is 8.96. The highest BCUT2D eigenvalue weighted by Crippen LogP contribution is 2.22. The zero-order chi connectivity index (χ0) is 22.3. The lowest BCUT2D eigenvalue weighted by Gasteiger charge is -2.08. The molecule has 0 aliphatic heterocycles. The minimum absolute atomic E-state index is 0.0595. The molecule has 1 N–H and O–H groups in total. The Morgan fingerprint density at radius 3 is 2.10 bits per heavy atom. The smallest absolute Gasteiger partial charge is 0.224 e. The number of rotatable bonds is 15. The molecular formula is C26H36N2O3. The molecule has 0 unspecified atom stereocenters. The Hall–Kier alpha value is -2.61. The van der Waals surface area contributed by atoms with Crippen molar-refractivity contribution in [3.63, 3.8) is 0 Å². The lowest BCUT2D eigenvalue weighted by atomic mass is 10.0. The fourth-order valence-electron chi connectivity index (χ4n) is 3.85. The number of nitriles is 1. The van der Waals surface area contributed by atoms with Gasteiger partial charge in [-0.25, -0.2) is 0 Å². The Kier molecular flexibility index (Phi) is 11.5. The van der Waals surface area contributed by atoms with Gasteiger partial charge in [-0.3, -0.25) is 9.59 Å². The molecule has 0 bridgehead atoms. The lowest BCUT2D eigenvalue weighted by Crippen LogP contribution is -2.12. The monoisotopic (exact) mass is 424 g/mol. The van der Waals surface area contributed by atoms with Crippen LogP contribution in [0.2, 0.25) is 0 Å². The Labute approximate surface area is 185 Å². The van der Waals surface area contributed by atoms with Crippen molar-refractivity contribution < 1.29 is 9.21 Å². The van der Waals surface area contributed by atoms with E-state index in [2.05, 4.69) is 12.2 Å². The van der Waals surface area contributed by atoms with E-state index in [0.717, 1.165) is 12.8 Å². The molecule has 0 radical (unpaired) electrons. The second-order valence-corrected chi connectivity index (χ2v) is 8.31. The van der Waals surface area contributed by atoms with Gasteiger partial charge in [0.2, 0.25) is 11.7 Å². The van der Waals surface area contributed by atoms with Gasteiger partial charge in [0.05, 0.1) is 11.1 Å². The normalized spacial score (nSPS) is 10.8. The van der Waals surface area contributed by atoms with E-state index >= 15 is 0 Å². The number of fused-ring (bicyclic) bond motifs is 1. The molecule has 2 rings (SSSR count). The van der Waals surface area contributed by atoms with Gasteiger partial charge in [0, 0.05) is 12.5 Å². The zero-order valence-corrected chi connectivity index (χ0v) is 18.9. The predicted molar refractivity (Wildman–Crippen MR) is 126 cm³/mol. The highest BCUT2D eigenvalue weighted by molar-refractivity contribution is 5.99. The molecule has 0 aliphatic rings. The van der Waals surface area contributed by atoms with Crippen LogP contribution in [0.5, 0.6) is 0 Å². The Bertz CT molecular complexity index is 911. The summed E-state index contributed by atoms with van der Waals surface area (Å²) in [5.74, 6) is -0.156. The van der Waals surface area contributed by atoms with E-state index in [1.807, 2.05) is 6.07 Å². The minimum Gasteiger partial charge on any atom is -0.443 e. The van der Waals surface area contributed by atoms with Crippen LogP contribution in [-0.4, -0.2) is 5.91 Å². The Balaban J connectivity index is 1.60. The predicted octanol–water partition coefficient (Wildman–Crippen LogP) is 7.08. The van der Waals surface area contributed by atoms with Crippen LogP contribution < -0.4 is 10.7 Å². The second-order valence-electron chi connectivity index (χ2n) is 8.31. The van der Waals surface area contributed by atoms with Crippen molar-refractivity contribution >= 4 is 22.6 Å². The first-order chi connectivity index (χ1) is 15.2. The van der Waals surface area contributed by atoms with E-state index in [-0.39, 0.29) is 22.7 Å². The first-order valence-corrected chi connectivity index (χ1v) is 11.9. The minimum atomic E-state index is -0.287. The molecule has 0 saturated carbocycles. The van der Waals surface area contributed by atoms with Crippen LogP contribution in [0.1, 0.15) is 103 Å². The highest BCUT2D eigenvalue weighted by atomic mass is 16.3. The van der Waals surface area contributed by atoms with Gasteiger partial charge < -0.3 is 9.73 Å². The van der Waals surface area contributed by atoms with E-state index in [4.69, 9.17) is 9.68 Å². The molecule has 1 aromatic heterocycles. The number of hydrogen-bond donors (Lipinski definition) is 1. The summed E-state index contributed by atoms with van der Waals surface area (Å²) in [5, 5.41) is 12.2. The van der Waals surface area contributed by atoms with Crippen molar-refractivity contribution in [3.8, 4) is 6.07 Å². The average Bonchev–Trinajstić information content (AvgIpc) is 2.77. The number of unbranched alkanes of at least 4 members (excludes halogenated alkanes) is 12. The molecule has 31 heavy (non-hydrogen) atoms. The Morgan fingerprint density at radius 2 is 1.52 bits per heavy atom. The summed E-state index contributed by atoms with van der Waals surface area (Å²) in [4.78, 5) is 24.4. The van der Waals surface area contributed by atoms with Gasteiger partial charge in [0.25, 0.3) is 0 Å². The van der Waals surface area contributed by atoms with Gasteiger partial charge in [0.1, 0.15) is 6.07 Å². The molecule has 5 nitrogen and oxygen atoms in total. The summed E-state index contributed by atoms with van der Waals surface area (Å²) in [6.07, 6.45) is 16.9. The van der Waals surface area contributed by atoms with Gasteiger partial charge in [-0.05, 0) is 18.6 Å². The van der Waals surface area contributed by atoms with Crippen LogP contribution in [0.15, 0.2) is 33.5 Å². The van der Waals surface area contributed by atoms with Gasteiger partial charge in [0.15, 0.2) is 11.0 Å². The van der Waals surface area contributed by atoms with Crippen molar-refractivity contribution in [3.05, 3.63) is 40.2 Å². The molecule has 1 amide bonds. The summed E-state index contributed by atoms with van der Waals surface area (Å²) in [5.41, 5.74) is 0.405.